The molecule has 112 valence electrons. The fraction of sp³-hybridized carbons (Fsp3) is 0.867. The molecule has 2 bridgehead atoms. The highest BCUT2D eigenvalue weighted by molar-refractivity contribution is 9.10. The number of nitrogens with zero attached hydrogens (tertiary/aromatic N) is 1. The zero-order chi connectivity index (χ0) is 14.8. The summed E-state index contributed by atoms with van der Waals surface area (Å²) < 4.78 is 5.34. The van der Waals surface area contributed by atoms with Crippen molar-refractivity contribution in [3.63, 3.8) is 0 Å². The van der Waals surface area contributed by atoms with Gasteiger partial charge in [0.15, 0.2) is 5.78 Å². The Morgan fingerprint density at radius 1 is 1.25 bits per heavy atom. The van der Waals surface area contributed by atoms with E-state index >= 15 is 0 Å². The Balaban J connectivity index is 2.02. The second-order valence-electron chi connectivity index (χ2n) is 7.06. The smallest absolute Gasteiger partial charge is 0.231 e. The Hall–Kier alpha value is -0.420. The standard InChI is InChI=1S/C15H22BrNO3/c1-13(2)14(3)4-5-15(13,10(16)11(14)18)12(19)17-6-8-20-9-7-17/h10H,4-9H2,1-3H3/t10-,14+,15+/m1/s1. The van der Waals surface area contributed by atoms with Gasteiger partial charge in [0.2, 0.25) is 5.91 Å². The van der Waals surface area contributed by atoms with Gasteiger partial charge in [-0.05, 0) is 18.3 Å². The summed E-state index contributed by atoms with van der Waals surface area (Å²) in [5.74, 6) is 0.345. The maximum Gasteiger partial charge on any atom is 0.231 e. The number of amides is 1. The summed E-state index contributed by atoms with van der Waals surface area (Å²) in [5.41, 5.74) is -1.28. The topological polar surface area (TPSA) is 46.6 Å². The van der Waals surface area contributed by atoms with E-state index in [2.05, 4.69) is 29.8 Å². The van der Waals surface area contributed by atoms with E-state index in [0.29, 0.717) is 26.3 Å². The lowest BCUT2D eigenvalue weighted by Crippen LogP contribution is -2.54. The van der Waals surface area contributed by atoms with Crippen molar-refractivity contribution in [2.24, 2.45) is 16.2 Å². The Kier molecular flexibility index (Phi) is 3.11. The molecular weight excluding hydrogens is 322 g/mol. The molecule has 3 fully saturated rings. The van der Waals surface area contributed by atoms with Gasteiger partial charge < -0.3 is 9.64 Å². The molecule has 1 heterocycles. The Morgan fingerprint density at radius 2 is 1.85 bits per heavy atom. The van der Waals surface area contributed by atoms with E-state index in [1.54, 1.807) is 0 Å². The molecule has 3 atom stereocenters. The minimum absolute atomic E-state index is 0.141. The van der Waals surface area contributed by atoms with E-state index in [9.17, 15) is 9.59 Å². The van der Waals surface area contributed by atoms with Gasteiger partial charge in [0.1, 0.15) is 0 Å². The normalized spacial score (nSPS) is 43.1. The zero-order valence-electron chi connectivity index (χ0n) is 12.4. The second kappa shape index (κ2) is 4.29. The Labute approximate surface area is 128 Å². The number of carbonyl (C=O) groups excluding carboxylic acids is 2. The fourth-order valence-electron chi connectivity index (χ4n) is 4.47. The third-order valence-electron chi connectivity index (χ3n) is 6.40. The van der Waals surface area contributed by atoms with Gasteiger partial charge in [0, 0.05) is 18.5 Å². The molecule has 1 saturated heterocycles. The molecule has 0 aromatic rings. The molecule has 4 nitrogen and oxygen atoms in total. The first-order valence-electron chi connectivity index (χ1n) is 7.34. The first-order valence-corrected chi connectivity index (χ1v) is 8.26. The molecule has 0 spiro atoms. The number of halogens is 1. The number of ether oxygens (including phenoxy) is 1. The van der Waals surface area contributed by atoms with Crippen molar-refractivity contribution in [2.75, 3.05) is 26.3 Å². The van der Waals surface area contributed by atoms with Crippen LogP contribution in [-0.4, -0.2) is 47.7 Å². The lowest BCUT2D eigenvalue weighted by molar-refractivity contribution is -0.151. The summed E-state index contributed by atoms with van der Waals surface area (Å²) >= 11 is 3.57. The van der Waals surface area contributed by atoms with Crippen molar-refractivity contribution >= 4 is 27.6 Å². The molecule has 0 N–H and O–H groups in total. The molecular formula is C15H22BrNO3. The van der Waals surface area contributed by atoms with Crippen LogP contribution < -0.4 is 0 Å². The van der Waals surface area contributed by atoms with Crippen LogP contribution in [0.5, 0.6) is 0 Å². The molecule has 0 unspecified atom stereocenters. The minimum atomic E-state index is -0.587. The number of morpholine rings is 1. The van der Waals surface area contributed by atoms with Crippen LogP contribution in [0.4, 0.5) is 0 Å². The number of hydrogen-bond donors (Lipinski definition) is 0. The molecule has 2 aliphatic carbocycles. The van der Waals surface area contributed by atoms with Crippen molar-refractivity contribution in [1.82, 2.24) is 4.90 Å². The van der Waals surface area contributed by atoms with Crippen molar-refractivity contribution in [3.8, 4) is 0 Å². The van der Waals surface area contributed by atoms with E-state index < -0.39 is 5.41 Å². The lowest BCUT2D eigenvalue weighted by atomic mass is 9.64. The zero-order valence-corrected chi connectivity index (χ0v) is 14.0. The molecule has 3 aliphatic rings. The van der Waals surface area contributed by atoms with Crippen LogP contribution in [0, 0.1) is 16.2 Å². The number of ketones is 1. The predicted octanol–water partition coefficient (Wildman–Crippen LogP) is 2.00. The van der Waals surface area contributed by atoms with Crippen LogP contribution in [-0.2, 0) is 14.3 Å². The summed E-state index contributed by atoms with van der Waals surface area (Å²) in [4.78, 5) is 27.4. The van der Waals surface area contributed by atoms with Crippen LogP contribution >= 0.6 is 15.9 Å². The van der Waals surface area contributed by atoms with Crippen LogP contribution in [0.15, 0.2) is 0 Å². The Morgan fingerprint density at radius 3 is 2.35 bits per heavy atom. The highest BCUT2D eigenvalue weighted by Crippen LogP contribution is 2.72. The molecule has 5 heteroatoms. The minimum Gasteiger partial charge on any atom is -0.378 e. The number of carbonyl (C=O) groups is 2. The van der Waals surface area contributed by atoms with Crippen molar-refractivity contribution in [2.45, 2.75) is 38.4 Å². The quantitative estimate of drug-likeness (QED) is 0.684. The van der Waals surface area contributed by atoms with Crippen LogP contribution in [0.2, 0.25) is 0 Å². The molecule has 0 radical (unpaired) electrons. The monoisotopic (exact) mass is 343 g/mol. The summed E-state index contributed by atoms with van der Waals surface area (Å²) in [6.07, 6.45) is 1.62. The van der Waals surface area contributed by atoms with E-state index in [4.69, 9.17) is 4.74 Å². The average molecular weight is 344 g/mol. The van der Waals surface area contributed by atoms with E-state index in [1.165, 1.54) is 0 Å². The van der Waals surface area contributed by atoms with E-state index in [1.807, 2.05) is 11.8 Å². The van der Waals surface area contributed by atoms with E-state index in [-0.39, 0.29) is 27.3 Å². The van der Waals surface area contributed by atoms with E-state index in [0.717, 1.165) is 12.8 Å². The molecule has 1 aliphatic heterocycles. The predicted molar refractivity (Wildman–Crippen MR) is 78.7 cm³/mol. The maximum absolute atomic E-state index is 13.2. The summed E-state index contributed by atoms with van der Waals surface area (Å²) in [6.45, 7) is 8.70. The first kappa shape index (κ1) is 14.5. The highest BCUT2D eigenvalue weighted by atomic mass is 79.9. The SMILES string of the molecule is CC1(C)[C@@]2(C)CC[C@@]1(C(=O)N1CCOCC1)[C@H](Br)C2=O. The van der Waals surface area contributed by atoms with Crippen LogP contribution in [0.3, 0.4) is 0 Å². The first-order chi connectivity index (χ1) is 9.29. The van der Waals surface area contributed by atoms with Crippen molar-refractivity contribution < 1.29 is 14.3 Å². The molecule has 3 rings (SSSR count). The Bertz CT molecular complexity index is 472. The van der Waals surface area contributed by atoms with Crippen molar-refractivity contribution in [3.05, 3.63) is 0 Å². The largest absolute Gasteiger partial charge is 0.378 e. The summed E-state index contributed by atoms with van der Waals surface area (Å²) in [6, 6.07) is 0. The summed E-state index contributed by atoms with van der Waals surface area (Å²) in [7, 11) is 0. The third kappa shape index (κ3) is 1.41. The van der Waals surface area contributed by atoms with Gasteiger partial charge in [-0.3, -0.25) is 9.59 Å². The van der Waals surface area contributed by atoms with Crippen LogP contribution in [0.25, 0.3) is 0 Å². The van der Waals surface area contributed by atoms with Crippen LogP contribution in [0.1, 0.15) is 33.6 Å². The number of Topliss-reactive ketones (excluding diaryl/α,β-unsaturated/α-hetero) is 1. The van der Waals surface area contributed by atoms with Gasteiger partial charge in [-0.2, -0.15) is 0 Å². The number of hydrogen-bond acceptors (Lipinski definition) is 3. The molecule has 0 aromatic carbocycles. The van der Waals surface area contributed by atoms with Gasteiger partial charge in [-0.25, -0.2) is 0 Å². The number of alkyl halides is 1. The van der Waals surface area contributed by atoms with Gasteiger partial charge in [0.25, 0.3) is 0 Å². The second-order valence-corrected chi connectivity index (χ2v) is 7.98. The molecule has 0 aromatic heterocycles. The summed E-state index contributed by atoms with van der Waals surface area (Å²) in [5, 5.41) is 0. The highest BCUT2D eigenvalue weighted by Gasteiger charge is 2.77. The number of fused-ring (bicyclic) bond motifs is 2. The maximum atomic E-state index is 13.2. The molecule has 20 heavy (non-hydrogen) atoms. The fourth-order valence-corrected chi connectivity index (χ4v) is 5.98. The average Bonchev–Trinajstić information content (AvgIpc) is 2.71. The number of rotatable bonds is 1. The van der Waals surface area contributed by atoms with Gasteiger partial charge in [-0.15, -0.1) is 0 Å². The molecule has 2 saturated carbocycles. The van der Waals surface area contributed by atoms with Crippen molar-refractivity contribution in [1.29, 1.82) is 0 Å². The van der Waals surface area contributed by atoms with Gasteiger partial charge >= 0.3 is 0 Å². The third-order valence-corrected chi connectivity index (χ3v) is 7.60. The van der Waals surface area contributed by atoms with Gasteiger partial charge in [0.05, 0.1) is 23.5 Å². The lowest BCUT2D eigenvalue weighted by Gasteiger charge is -2.43. The molecule has 1 amide bonds. The van der Waals surface area contributed by atoms with Gasteiger partial charge in [-0.1, -0.05) is 36.7 Å².